The number of carbonyl (C=O) groups excluding carboxylic acids is 1. The van der Waals surface area contributed by atoms with Crippen molar-refractivity contribution in [2.24, 2.45) is 0 Å². The first-order valence-electron chi connectivity index (χ1n) is 7.48. The third-order valence-corrected chi connectivity index (χ3v) is 3.96. The summed E-state index contributed by atoms with van der Waals surface area (Å²) in [5, 5.41) is 3.08. The second-order valence-electron chi connectivity index (χ2n) is 5.47. The van der Waals surface area contributed by atoms with Gasteiger partial charge in [0.1, 0.15) is 12.0 Å². The zero-order valence-corrected chi connectivity index (χ0v) is 12.6. The first kappa shape index (κ1) is 14.5. The molecule has 0 unspecified atom stereocenters. The monoisotopic (exact) mass is 300 g/mol. The summed E-state index contributed by atoms with van der Waals surface area (Å²) in [5.74, 6) is 0.772. The molecule has 5 heteroatoms. The van der Waals surface area contributed by atoms with Crippen LogP contribution in [-0.2, 0) is 0 Å². The lowest BCUT2D eigenvalue weighted by Crippen LogP contribution is -2.47. The lowest BCUT2D eigenvalue weighted by Gasteiger charge is -2.34. The molecule has 2 heterocycles. The molecular formula is C17H20N2O3. The molecule has 1 atom stereocenters. The smallest absolute Gasteiger partial charge is 0.254 e. The number of methoxy groups -OCH3 is 1. The Morgan fingerprint density at radius 3 is 3.09 bits per heavy atom. The predicted molar refractivity (Wildman–Crippen MR) is 84.4 cm³/mol. The summed E-state index contributed by atoms with van der Waals surface area (Å²) < 4.78 is 10.2. The predicted octanol–water partition coefficient (Wildman–Crippen LogP) is 2.69. The third-order valence-electron chi connectivity index (χ3n) is 3.96. The summed E-state index contributed by atoms with van der Waals surface area (Å²) in [6, 6.07) is 9.84. The van der Waals surface area contributed by atoms with Gasteiger partial charge in [-0.15, -0.1) is 0 Å². The van der Waals surface area contributed by atoms with Gasteiger partial charge in [-0.3, -0.25) is 4.79 Å². The minimum absolute atomic E-state index is 0.0776. The van der Waals surface area contributed by atoms with Crippen LogP contribution in [0.15, 0.2) is 47.3 Å². The van der Waals surface area contributed by atoms with E-state index < -0.39 is 0 Å². The van der Waals surface area contributed by atoms with Crippen LogP contribution in [-0.4, -0.2) is 32.1 Å². The molecule has 1 aliphatic rings. The van der Waals surface area contributed by atoms with Crippen molar-refractivity contribution in [3.8, 4) is 5.75 Å². The van der Waals surface area contributed by atoms with Crippen LogP contribution in [0.1, 0.15) is 23.2 Å². The van der Waals surface area contributed by atoms with E-state index in [1.807, 2.05) is 18.2 Å². The van der Waals surface area contributed by atoms with E-state index in [4.69, 9.17) is 9.15 Å². The Bertz CT molecular complexity index is 625. The molecule has 1 aliphatic heterocycles. The first-order valence-corrected chi connectivity index (χ1v) is 7.48. The number of ether oxygens (including phenoxy) is 1. The fourth-order valence-electron chi connectivity index (χ4n) is 2.80. The Kier molecular flexibility index (Phi) is 4.32. The number of rotatable bonds is 4. The Morgan fingerprint density at radius 2 is 2.32 bits per heavy atom. The molecule has 0 bridgehead atoms. The lowest BCUT2D eigenvalue weighted by atomic mass is 10.0. The summed E-state index contributed by atoms with van der Waals surface area (Å²) in [6.45, 7) is 1.79. The molecule has 1 aromatic heterocycles. The summed E-state index contributed by atoms with van der Waals surface area (Å²) in [6.07, 6.45) is 5.02. The van der Waals surface area contributed by atoms with Crippen molar-refractivity contribution in [1.82, 2.24) is 5.32 Å². The number of hydrogen-bond acceptors (Lipinski definition) is 4. The zero-order chi connectivity index (χ0) is 15.4. The standard InChI is InChI=1S/C17H20N2O3/c1-21-16-6-2-5-15(10-16)19-8-3-4-14(11-19)18-17(20)13-7-9-22-12-13/h2,5-7,9-10,12,14H,3-4,8,11H2,1H3,(H,18,20)/t14-/m0/s1. The normalized spacial score (nSPS) is 18.0. The molecule has 1 N–H and O–H groups in total. The molecule has 1 fully saturated rings. The van der Waals surface area contributed by atoms with Crippen molar-refractivity contribution in [2.45, 2.75) is 18.9 Å². The topological polar surface area (TPSA) is 54.7 Å². The summed E-state index contributed by atoms with van der Waals surface area (Å²) in [5.41, 5.74) is 1.69. The Balaban J connectivity index is 1.65. The molecular weight excluding hydrogens is 280 g/mol. The quantitative estimate of drug-likeness (QED) is 0.943. The van der Waals surface area contributed by atoms with E-state index in [-0.39, 0.29) is 11.9 Å². The van der Waals surface area contributed by atoms with Gasteiger partial charge in [0.05, 0.1) is 18.9 Å². The van der Waals surface area contributed by atoms with Gasteiger partial charge in [-0.25, -0.2) is 0 Å². The van der Waals surface area contributed by atoms with Gasteiger partial charge < -0.3 is 19.4 Å². The highest BCUT2D eigenvalue weighted by Crippen LogP contribution is 2.24. The summed E-state index contributed by atoms with van der Waals surface area (Å²) in [7, 11) is 1.67. The Morgan fingerprint density at radius 1 is 1.41 bits per heavy atom. The van der Waals surface area contributed by atoms with Crippen molar-refractivity contribution in [1.29, 1.82) is 0 Å². The molecule has 22 heavy (non-hydrogen) atoms. The van der Waals surface area contributed by atoms with E-state index in [1.165, 1.54) is 12.5 Å². The average molecular weight is 300 g/mol. The van der Waals surface area contributed by atoms with E-state index in [9.17, 15) is 4.79 Å². The molecule has 0 radical (unpaired) electrons. The first-order chi connectivity index (χ1) is 10.8. The fraction of sp³-hybridized carbons (Fsp3) is 0.353. The number of furan rings is 1. The van der Waals surface area contributed by atoms with Crippen LogP contribution in [0.25, 0.3) is 0 Å². The van der Waals surface area contributed by atoms with Crippen molar-refractivity contribution in [2.75, 3.05) is 25.1 Å². The largest absolute Gasteiger partial charge is 0.497 e. The number of carbonyl (C=O) groups is 1. The van der Waals surface area contributed by atoms with Gasteiger partial charge >= 0.3 is 0 Å². The van der Waals surface area contributed by atoms with E-state index in [2.05, 4.69) is 16.3 Å². The molecule has 0 saturated carbocycles. The van der Waals surface area contributed by atoms with E-state index >= 15 is 0 Å². The maximum Gasteiger partial charge on any atom is 0.254 e. The van der Waals surface area contributed by atoms with Crippen LogP contribution < -0.4 is 15.0 Å². The second-order valence-corrected chi connectivity index (χ2v) is 5.47. The maximum atomic E-state index is 12.1. The van der Waals surface area contributed by atoms with Crippen LogP contribution in [0, 0.1) is 0 Å². The Hall–Kier alpha value is -2.43. The Labute approximate surface area is 129 Å². The molecule has 1 amide bonds. The maximum absolute atomic E-state index is 12.1. The fourth-order valence-corrected chi connectivity index (χ4v) is 2.80. The minimum atomic E-state index is -0.0776. The lowest BCUT2D eigenvalue weighted by molar-refractivity contribution is 0.0932. The van der Waals surface area contributed by atoms with E-state index in [0.29, 0.717) is 5.56 Å². The number of amides is 1. The van der Waals surface area contributed by atoms with Gasteiger partial charge in [-0.2, -0.15) is 0 Å². The second kappa shape index (κ2) is 6.56. The molecule has 2 aromatic rings. The van der Waals surface area contributed by atoms with Gasteiger partial charge in [0, 0.05) is 30.9 Å². The number of piperidine rings is 1. The highest BCUT2D eigenvalue weighted by atomic mass is 16.5. The molecule has 1 saturated heterocycles. The summed E-state index contributed by atoms with van der Waals surface area (Å²) >= 11 is 0. The number of hydrogen-bond donors (Lipinski definition) is 1. The molecule has 116 valence electrons. The molecule has 0 aliphatic carbocycles. The zero-order valence-electron chi connectivity index (χ0n) is 12.6. The van der Waals surface area contributed by atoms with Crippen LogP contribution in [0.3, 0.4) is 0 Å². The van der Waals surface area contributed by atoms with E-state index in [1.54, 1.807) is 13.2 Å². The number of nitrogens with one attached hydrogen (secondary N) is 1. The highest BCUT2D eigenvalue weighted by molar-refractivity contribution is 5.94. The number of benzene rings is 1. The van der Waals surface area contributed by atoms with Gasteiger partial charge in [-0.1, -0.05) is 6.07 Å². The van der Waals surface area contributed by atoms with Crippen LogP contribution >= 0.6 is 0 Å². The highest BCUT2D eigenvalue weighted by Gasteiger charge is 2.22. The van der Waals surface area contributed by atoms with Crippen LogP contribution in [0.5, 0.6) is 5.75 Å². The van der Waals surface area contributed by atoms with Crippen molar-refractivity contribution in [3.63, 3.8) is 0 Å². The average Bonchev–Trinajstić information content (AvgIpc) is 3.10. The van der Waals surface area contributed by atoms with Gasteiger partial charge in [-0.05, 0) is 31.0 Å². The van der Waals surface area contributed by atoms with Crippen LogP contribution in [0.2, 0.25) is 0 Å². The molecule has 3 rings (SSSR count). The molecule has 1 aromatic carbocycles. The van der Waals surface area contributed by atoms with Crippen molar-refractivity contribution < 1.29 is 13.9 Å². The van der Waals surface area contributed by atoms with Gasteiger partial charge in [0.15, 0.2) is 0 Å². The van der Waals surface area contributed by atoms with Crippen molar-refractivity contribution >= 4 is 11.6 Å². The van der Waals surface area contributed by atoms with Crippen LogP contribution in [0.4, 0.5) is 5.69 Å². The van der Waals surface area contributed by atoms with E-state index in [0.717, 1.165) is 37.4 Å². The number of anilines is 1. The van der Waals surface area contributed by atoms with Crippen molar-refractivity contribution in [3.05, 3.63) is 48.4 Å². The third kappa shape index (κ3) is 3.24. The molecule has 5 nitrogen and oxygen atoms in total. The number of nitrogens with zero attached hydrogens (tertiary/aromatic N) is 1. The van der Waals surface area contributed by atoms with Gasteiger partial charge in [0.25, 0.3) is 5.91 Å². The SMILES string of the molecule is COc1cccc(N2CCC[C@H](NC(=O)c3ccoc3)C2)c1. The minimum Gasteiger partial charge on any atom is -0.497 e. The summed E-state index contributed by atoms with van der Waals surface area (Å²) in [4.78, 5) is 14.4. The molecule has 0 spiro atoms. The van der Waals surface area contributed by atoms with Gasteiger partial charge in [0.2, 0.25) is 0 Å².